The van der Waals surface area contributed by atoms with Crippen molar-refractivity contribution in [2.75, 3.05) is 26.7 Å². The second kappa shape index (κ2) is 12.3. The van der Waals surface area contributed by atoms with Gasteiger partial charge in [-0.05, 0) is 93.3 Å². The second-order valence-corrected chi connectivity index (χ2v) is 10.0. The fraction of sp³-hybridized carbons (Fsp3) is 0.536. The molecule has 2 N–H and O–H groups in total. The number of methoxy groups -OCH3 is 1. The van der Waals surface area contributed by atoms with Gasteiger partial charge in [-0.1, -0.05) is 0 Å². The number of benzene rings is 1. The lowest BCUT2D eigenvalue weighted by atomic mass is 9.79. The van der Waals surface area contributed by atoms with E-state index in [1.807, 2.05) is 43.8 Å². The van der Waals surface area contributed by atoms with Crippen molar-refractivity contribution in [1.29, 1.82) is 0 Å². The summed E-state index contributed by atoms with van der Waals surface area (Å²) in [5, 5.41) is 21.5. The first-order valence-corrected chi connectivity index (χ1v) is 12.9. The third kappa shape index (κ3) is 6.62. The zero-order valence-electron chi connectivity index (χ0n) is 21.3. The summed E-state index contributed by atoms with van der Waals surface area (Å²) in [5.74, 6) is 0.396. The summed E-state index contributed by atoms with van der Waals surface area (Å²) in [4.78, 5) is 22.6. The van der Waals surface area contributed by atoms with Crippen molar-refractivity contribution in [2.45, 2.75) is 51.0 Å². The SMILES string of the molecule is COc1ccc2nccc([C@H](O)CC[C@@H]3CCN(CCCCc4cncn4C)C[C@@H]3CC(=O)O)c2c1. The summed E-state index contributed by atoms with van der Waals surface area (Å²) in [6, 6.07) is 7.56. The van der Waals surface area contributed by atoms with Gasteiger partial charge in [-0.25, -0.2) is 4.98 Å². The number of fused-ring (bicyclic) bond motifs is 1. The van der Waals surface area contributed by atoms with Crippen LogP contribution in [0, 0.1) is 11.8 Å². The molecule has 3 aromatic rings. The molecular weight excluding hydrogens is 456 g/mol. The summed E-state index contributed by atoms with van der Waals surface area (Å²) in [5.41, 5.74) is 2.92. The number of piperidine rings is 1. The molecule has 1 fully saturated rings. The van der Waals surface area contributed by atoms with Gasteiger partial charge in [0.05, 0.1) is 25.1 Å². The number of likely N-dealkylation sites (tertiary alicyclic amines) is 1. The summed E-state index contributed by atoms with van der Waals surface area (Å²) < 4.78 is 7.42. The van der Waals surface area contributed by atoms with Crippen molar-refractivity contribution in [3.05, 3.63) is 54.2 Å². The molecule has 3 heterocycles. The van der Waals surface area contributed by atoms with E-state index in [-0.39, 0.29) is 12.3 Å². The number of aromatic nitrogens is 3. The number of ether oxygens (including phenoxy) is 1. The largest absolute Gasteiger partial charge is 0.497 e. The van der Waals surface area contributed by atoms with Crippen molar-refractivity contribution in [2.24, 2.45) is 18.9 Å². The smallest absolute Gasteiger partial charge is 0.303 e. The van der Waals surface area contributed by atoms with Gasteiger partial charge in [0.1, 0.15) is 5.75 Å². The molecule has 0 bridgehead atoms. The summed E-state index contributed by atoms with van der Waals surface area (Å²) >= 11 is 0. The summed E-state index contributed by atoms with van der Waals surface area (Å²) in [6.45, 7) is 2.79. The lowest BCUT2D eigenvalue weighted by Crippen LogP contribution is -2.41. The van der Waals surface area contributed by atoms with Crippen LogP contribution in [-0.2, 0) is 18.3 Å². The minimum absolute atomic E-state index is 0.106. The number of aryl methyl sites for hydroxylation is 2. The maximum absolute atomic E-state index is 11.6. The highest BCUT2D eigenvalue weighted by Gasteiger charge is 2.31. The van der Waals surface area contributed by atoms with Crippen LogP contribution >= 0.6 is 0 Å². The Hall–Kier alpha value is -2.97. The summed E-state index contributed by atoms with van der Waals surface area (Å²) in [7, 11) is 3.65. The minimum atomic E-state index is -0.740. The van der Waals surface area contributed by atoms with Crippen molar-refractivity contribution >= 4 is 16.9 Å². The molecule has 0 unspecified atom stereocenters. The predicted molar refractivity (Wildman–Crippen MR) is 139 cm³/mol. The Morgan fingerprint density at radius 2 is 2.11 bits per heavy atom. The number of imidazole rings is 1. The number of pyridine rings is 1. The number of aliphatic hydroxyl groups excluding tert-OH is 1. The van der Waals surface area contributed by atoms with Crippen LogP contribution in [0.2, 0.25) is 0 Å². The van der Waals surface area contributed by atoms with Gasteiger partial charge in [0.15, 0.2) is 0 Å². The Morgan fingerprint density at radius 3 is 2.86 bits per heavy atom. The fourth-order valence-corrected chi connectivity index (χ4v) is 5.55. The van der Waals surface area contributed by atoms with Gasteiger partial charge in [0, 0.05) is 43.5 Å². The van der Waals surface area contributed by atoms with Gasteiger partial charge in [-0.3, -0.25) is 9.78 Å². The third-order valence-electron chi connectivity index (χ3n) is 7.64. The summed E-state index contributed by atoms with van der Waals surface area (Å²) in [6.07, 6.45) is 10.6. The molecule has 0 radical (unpaired) electrons. The lowest BCUT2D eigenvalue weighted by molar-refractivity contribution is -0.139. The normalized spacial score (nSPS) is 19.4. The highest BCUT2D eigenvalue weighted by molar-refractivity contribution is 5.83. The first kappa shape index (κ1) is 26.1. The predicted octanol–water partition coefficient (Wildman–Crippen LogP) is 4.23. The van der Waals surface area contributed by atoms with Crippen LogP contribution in [0.15, 0.2) is 43.0 Å². The topological polar surface area (TPSA) is 101 Å². The highest BCUT2D eigenvalue weighted by atomic mass is 16.5. The third-order valence-corrected chi connectivity index (χ3v) is 7.64. The Balaban J connectivity index is 1.32. The van der Waals surface area contributed by atoms with Gasteiger partial charge >= 0.3 is 5.97 Å². The van der Waals surface area contributed by atoms with Crippen LogP contribution in [0.5, 0.6) is 5.75 Å². The zero-order valence-corrected chi connectivity index (χ0v) is 21.3. The van der Waals surface area contributed by atoms with Crippen LogP contribution < -0.4 is 4.74 Å². The molecule has 1 aromatic carbocycles. The number of carboxylic acids is 1. The Morgan fingerprint density at radius 1 is 1.25 bits per heavy atom. The first-order valence-electron chi connectivity index (χ1n) is 12.9. The number of carbonyl (C=O) groups is 1. The maximum atomic E-state index is 11.6. The molecule has 8 heteroatoms. The quantitative estimate of drug-likeness (QED) is 0.364. The molecule has 1 saturated heterocycles. The number of aliphatic hydroxyl groups is 1. The van der Waals surface area contributed by atoms with Gasteiger partial charge < -0.3 is 24.4 Å². The van der Waals surface area contributed by atoms with E-state index in [1.165, 1.54) is 5.69 Å². The molecule has 1 aliphatic rings. The van der Waals surface area contributed by atoms with E-state index in [9.17, 15) is 15.0 Å². The number of rotatable bonds is 12. The molecule has 1 aliphatic heterocycles. The molecule has 0 saturated carbocycles. The van der Waals surface area contributed by atoms with E-state index < -0.39 is 12.1 Å². The number of nitrogens with zero attached hydrogens (tertiary/aromatic N) is 4. The van der Waals surface area contributed by atoms with E-state index in [0.29, 0.717) is 12.3 Å². The molecule has 3 atom stereocenters. The van der Waals surface area contributed by atoms with Crippen LogP contribution in [0.1, 0.15) is 55.9 Å². The molecule has 0 aliphatic carbocycles. The van der Waals surface area contributed by atoms with Crippen LogP contribution in [0.4, 0.5) is 0 Å². The molecular formula is C28H38N4O4. The van der Waals surface area contributed by atoms with E-state index in [0.717, 1.165) is 74.0 Å². The average molecular weight is 495 g/mol. The number of carboxylic acid groups (broad SMARTS) is 1. The second-order valence-electron chi connectivity index (χ2n) is 10.0. The first-order chi connectivity index (χ1) is 17.4. The maximum Gasteiger partial charge on any atom is 0.303 e. The van der Waals surface area contributed by atoms with Crippen LogP contribution in [0.3, 0.4) is 0 Å². The van der Waals surface area contributed by atoms with Gasteiger partial charge in [0.2, 0.25) is 0 Å². The molecule has 36 heavy (non-hydrogen) atoms. The molecule has 0 amide bonds. The zero-order chi connectivity index (χ0) is 25.5. The number of aliphatic carboxylic acids is 1. The monoisotopic (exact) mass is 494 g/mol. The Kier molecular flexibility index (Phi) is 8.93. The number of hydrogen-bond donors (Lipinski definition) is 2. The van der Waals surface area contributed by atoms with Gasteiger partial charge in [-0.2, -0.15) is 0 Å². The molecule has 2 aromatic heterocycles. The molecule has 8 nitrogen and oxygen atoms in total. The minimum Gasteiger partial charge on any atom is -0.497 e. The molecule has 0 spiro atoms. The van der Waals surface area contributed by atoms with Crippen LogP contribution in [0.25, 0.3) is 10.9 Å². The van der Waals surface area contributed by atoms with Crippen molar-refractivity contribution in [3.8, 4) is 5.75 Å². The van der Waals surface area contributed by atoms with Crippen molar-refractivity contribution in [3.63, 3.8) is 0 Å². The van der Waals surface area contributed by atoms with E-state index in [4.69, 9.17) is 4.74 Å². The standard InChI is InChI=1S/C28H38N4O4/c1-31-19-29-17-22(31)5-3-4-13-32-14-11-20(21(18-32)15-28(34)35)6-9-27(33)24-10-12-30-26-8-7-23(36-2)16-25(24)26/h7-8,10,12,16-17,19-21,27,33H,3-6,9,11,13-15,18H2,1-2H3,(H,34,35)/t20-,21+,27-/m1/s1. The molecule has 4 rings (SSSR count). The Bertz CT molecular complexity index is 1150. The number of hydrogen-bond acceptors (Lipinski definition) is 6. The van der Waals surface area contributed by atoms with Crippen molar-refractivity contribution in [1.82, 2.24) is 19.4 Å². The Labute approximate surface area is 212 Å². The van der Waals surface area contributed by atoms with E-state index >= 15 is 0 Å². The average Bonchev–Trinajstić information content (AvgIpc) is 3.29. The van der Waals surface area contributed by atoms with E-state index in [1.54, 1.807) is 13.3 Å². The van der Waals surface area contributed by atoms with E-state index in [2.05, 4.69) is 19.4 Å². The molecule has 194 valence electrons. The van der Waals surface area contributed by atoms with Crippen LogP contribution in [-0.4, -0.2) is 62.4 Å². The number of unbranched alkanes of at least 4 members (excludes halogenated alkanes) is 1. The van der Waals surface area contributed by atoms with Crippen molar-refractivity contribution < 1.29 is 19.7 Å². The van der Waals surface area contributed by atoms with Gasteiger partial charge in [-0.15, -0.1) is 0 Å². The van der Waals surface area contributed by atoms with Gasteiger partial charge in [0.25, 0.3) is 0 Å². The fourth-order valence-electron chi connectivity index (χ4n) is 5.55. The highest BCUT2D eigenvalue weighted by Crippen LogP contribution is 2.34. The lowest BCUT2D eigenvalue weighted by Gasteiger charge is -2.38.